The number of amides is 1. The number of aromatic nitrogens is 1. The number of fused-ring (bicyclic) bond motifs is 2. The van der Waals surface area contributed by atoms with Crippen molar-refractivity contribution in [2.24, 2.45) is 17.8 Å². The summed E-state index contributed by atoms with van der Waals surface area (Å²) in [5.74, 6) is -3.25. The minimum atomic E-state index is -2.27. The van der Waals surface area contributed by atoms with Crippen LogP contribution in [0.1, 0.15) is 23.2 Å². The second-order valence-corrected chi connectivity index (χ2v) is 10.8. The first kappa shape index (κ1) is 29.9. The average molecular weight is 583 g/mol. The van der Waals surface area contributed by atoms with Gasteiger partial charge in [-0.25, -0.2) is 14.0 Å². The summed E-state index contributed by atoms with van der Waals surface area (Å²) >= 11 is 6.19. The van der Waals surface area contributed by atoms with E-state index in [1.54, 1.807) is 18.3 Å². The van der Waals surface area contributed by atoms with E-state index < -0.39 is 29.8 Å². The van der Waals surface area contributed by atoms with Gasteiger partial charge >= 0.3 is 11.9 Å². The number of aliphatic carboxylic acids is 2. The van der Waals surface area contributed by atoms with Crippen LogP contribution in [0, 0.1) is 17.8 Å². The smallest absolute Gasteiger partial charge is 0.335 e. The third-order valence-electron chi connectivity index (χ3n) is 7.83. The molecule has 3 aliphatic rings. The summed E-state index contributed by atoms with van der Waals surface area (Å²) < 4.78 is 20.8. The Balaban J connectivity index is 0.000000318. The Bertz CT molecular complexity index is 1250. The average Bonchev–Trinajstić information content (AvgIpc) is 3.24. The fourth-order valence-electron chi connectivity index (χ4n) is 5.45. The maximum atomic E-state index is 15.4. The van der Waals surface area contributed by atoms with Crippen molar-refractivity contribution in [1.29, 1.82) is 0 Å². The number of nitrogens with two attached hydrogens (primary N) is 1. The molecule has 7 N–H and O–H groups in total. The molecule has 14 heteroatoms. The molecule has 2 saturated heterocycles. The van der Waals surface area contributed by atoms with Gasteiger partial charge in [-0.3, -0.25) is 9.78 Å². The number of aliphatic hydroxyl groups is 2. The third kappa shape index (κ3) is 6.28. The van der Waals surface area contributed by atoms with Crippen molar-refractivity contribution in [3.05, 3.63) is 35.0 Å². The van der Waals surface area contributed by atoms with E-state index in [0.29, 0.717) is 33.1 Å². The molecule has 1 saturated carbocycles. The van der Waals surface area contributed by atoms with Gasteiger partial charge in [-0.05, 0) is 37.0 Å². The molecule has 4 atom stereocenters. The van der Waals surface area contributed by atoms with E-state index >= 15 is 4.39 Å². The lowest BCUT2D eigenvalue weighted by Crippen LogP contribution is -2.40. The number of ether oxygens (including phenoxy) is 1. The van der Waals surface area contributed by atoms with Gasteiger partial charge in [0.15, 0.2) is 12.2 Å². The first-order valence-electron chi connectivity index (χ1n) is 12.9. The number of benzene rings is 1. The number of halogens is 2. The van der Waals surface area contributed by atoms with E-state index in [1.807, 2.05) is 0 Å². The van der Waals surface area contributed by atoms with Gasteiger partial charge in [0.05, 0.1) is 28.3 Å². The van der Waals surface area contributed by atoms with E-state index in [4.69, 9.17) is 42.5 Å². The van der Waals surface area contributed by atoms with Crippen LogP contribution < -0.4 is 11.1 Å². The monoisotopic (exact) mass is 582 g/mol. The van der Waals surface area contributed by atoms with Gasteiger partial charge in [0.25, 0.3) is 5.91 Å². The lowest BCUT2D eigenvalue weighted by atomic mass is 9.99. The highest BCUT2D eigenvalue weighted by atomic mass is 35.5. The molecule has 0 bridgehead atoms. The number of hydrogen-bond acceptors (Lipinski definition) is 9. The molecule has 40 heavy (non-hydrogen) atoms. The number of anilines is 1. The van der Waals surface area contributed by atoms with Crippen LogP contribution in [0.3, 0.4) is 0 Å². The third-order valence-corrected chi connectivity index (χ3v) is 8.14. The number of hydrogen-bond donors (Lipinski definition) is 6. The number of carboxylic acid groups (broad SMARTS) is 2. The number of nitrogen functional groups attached to an aromatic ring is 1. The van der Waals surface area contributed by atoms with Gasteiger partial charge in [-0.15, -0.1) is 0 Å². The van der Waals surface area contributed by atoms with Crippen molar-refractivity contribution >= 4 is 46.0 Å². The SMILES string of the molecule is Nc1c(Cl)cc(C(=O)NCC2(F)C3CN(CC4CCOCC4)CC32)c2ncccc12.O=C(O)C(O)C(O)C(=O)O. The largest absolute Gasteiger partial charge is 0.479 e. The van der Waals surface area contributed by atoms with Gasteiger partial charge in [-0.1, -0.05) is 11.6 Å². The number of pyridine rings is 1. The van der Waals surface area contributed by atoms with Crippen molar-refractivity contribution in [2.45, 2.75) is 30.7 Å². The number of carboxylic acids is 2. The van der Waals surface area contributed by atoms with Crippen molar-refractivity contribution in [3.8, 4) is 0 Å². The first-order valence-corrected chi connectivity index (χ1v) is 13.2. The molecule has 0 spiro atoms. The lowest BCUT2D eigenvalue weighted by molar-refractivity contribution is -0.165. The first-order chi connectivity index (χ1) is 18.9. The standard InChI is InChI=1S/C22H26ClFN4O2.C4H6O6/c23-18-8-15(20-14(19(18)25)2-1-5-26-20)21(29)27-12-22(24)16-10-28(11-17(16)22)9-13-3-6-30-7-4-13;5-1(3(7)8)2(6)4(9)10/h1-2,5,8,13,16-17H,3-4,6-7,9-12,25H2,(H,27,29);1-2,5-6H,(H,7,8)(H,9,10). The van der Waals surface area contributed by atoms with Crippen LogP contribution in [0.4, 0.5) is 10.1 Å². The Morgan fingerprint density at radius 3 is 2.35 bits per heavy atom. The molecule has 0 radical (unpaired) electrons. The molecule has 1 aromatic heterocycles. The fourth-order valence-corrected chi connectivity index (χ4v) is 5.66. The van der Waals surface area contributed by atoms with E-state index in [1.165, 1.54) is 6.07 Å². The van der Waals surface area contributed by atoms with Gasteiger partial charge in [0, 0.05) is 56.3 Å². The van der Waals surface area contributed by atoms with Crippen LogP contribution in [0.25, 0.3) is 10.9 Å². The summed E-state index contributed by atoms with van der Waals surface area (Å²) in [6, 6.07) is 5.02. The van der Waals surface area contributed by atoms with Crippen molar-refractivity contribution in [1.82, 2.24) is 15.2 Å². The normalized spacial score (nSPS) is 25.8. The van der Waals surface area contributed by atoms with Crippen molar-refractivity contribution in [2.75, 3.05) is 45.1 Å². The van der Waals surface area contributed by atoms with Crippen LogP contribution in [-0.2, 0) is 14.3 Å². The Morgan fingerprint density at radius 1 is 1.18 bits per heavy atom. The number of piperidine rings is 1. The molecule has 4 unspecified atom stereocenters. The summed E-state index contributed by atoms with van der Waals surface area (Å²) in [6.45, 7) is 4.26. The van der Waals surface area contributed by atoms with Gasteiger partial charge in [0.2, 0.25) is 0 Å². The Kier molecular flexibility index (Phi) is 9.10. The summed E-state index contributed by atoms with van der Waals surface area (Å²) in [7, 11) is 0. The molecular formula is C26H32ClFN4O8. The maximum Gasteiger partial charge on any atom is 0.335 e. The zero-order valence-electron chi connectivity index (χ0n) is 21.5. The zero-order chi connectivity index (χ0) is 29.2. The molecule has 12 nitrogen and oxygen atoms in total. The minimum Gasteiger partial charge on any atom is -0.479 e. The van der Waals surface area contributed by atoms with E-state index in [-0.39, 0.29) is 24.3 Å². The number of likely N-dealkylation sites (tertiary alicyclic amines) is 1. The summed E-state index contributed by atoms with van der Waals surface area (Å²) in [5.41, 5.74) is 5.87. The summed E-state index contributed by atoms with van der Waals surface area (Å²) in [5, 5.41) is 36.2. The second-order valence-electron chi connectivity index (χ2n) is 10.4. The quantitative estimate of drug-likeness (QED) is 0.241. The maximum absolute atomic E-state index is 15.4. The topological polar surface area (TPSA) is 196 Å². The van der Waals surface area contributed by atoms with Crippen LogP contribution in [-0.4, -0.2) is 105 Å². The van der Waals surface area contributed by atoms with E-state index in [0.717, 1.165) is 45.7 Å². The highest BCUT2D eigenvalue weighted by Gasteiger charge is 2.69. The number of alkyl halides is 1. The number of carbonyl (C=O) groups is 3. The number of nitrogens with zero attached hydrogens (tertiary/aromatic N) is 2. The Hall–Kier alpha value is -3.10. The molecule has 1 aliphatic carbocycles. The molecule has 3 heterocycles. The number of aliphatic hydroxyl groups excluding tert-OH is 2. The molecule has 2 aliphatic heterocycles. The Morgan fingerprint density at radius 2 is 1.77 bits per heavy atom. The van der Waals surface area contributed by atoms with E-state index in [2.05, 4.69) is 15.2 Å². The van der Waals surface area contributed by atoms with Gasteiger partial charge in [0.1, 0.15) is 5.67 Å². The zero-order valence-corrected chi connectivity index (χ0v) is 22.3. The minimum absolute atomic E-state index is 0.00233. The van der Waals surface area contributed by atoms with E-state index in [9.17, 15) is 14.4 Å². The number of nitrogens with one attached hydrogen (secondary N) is 1. The molecule has 1 amide bonds. The molecule has 3 fully saturated rings. The van der Waals surface area contributed by atoms with Gasteiger partial charge < -0.3 is 41.1 Å². The predicted molar refractivity (Wildman–Crippen MR) is 142 cm³/mol. The highest BCUT2D eigenvalue weighted by Crippen LogP contribution is 2.58. The molecule has 218 valence electrons. The van der Waals surface area contributed by atoms with Gasteiger partial charge in [-0.2, -0.15) is 0 Å². The lowest BCUT2D eigenvalue weighted by Gasteiger charge is -2.29. The molecular weight excluding hydrogens is 551 g/mol. The molecule has 1 aromatic carbocycles. The highest BCUT2D eigenvalue weighted by molar-refractivity contribution is 6.35. The summed E-state index contributed by atoms with van der Waals surface area (Å²) in [4.78, 5) is 39.0. The fraction of sp³-hybridized carbons (Fsp3) is 0.538. The number of rotatable bonds is 8. The van der Waals surface area contributed by atoms with Crippen molar-refractivity contribution < 1.29 is 43.9 Å². The van der Waals surface area contributed by atoms with Crippen LogP contribution in [0.15, 0.2) is 24.4 Å². The van der Waals surface area contributed by atoms with Crippen LogP contribution in [0.5, 0.6) is 0 Å². The molecule has 2 aromatic rings. The molecule has 5 rings (SSSR count). The van der Waals surface area contributed by atoms with Crippen molar-refractivity contribution in [3.63, 3.8) is 0 Å². The Labute approximate surface area is 233 Å². The predicted octanol–water partition coefficient (Wildman–Crippen LogP) is 0.774. The van der Waals surface area contributed by atoms with Crippen LogP contribution in [0.2, 0.25) is 5.02 Å². The summed E-state index contributed by atoms with van der Waals surface area (Å²) in [6.07, 6.45) is -0.750. The number of carbonyl (C=O) groups excluding carboxylic acids is 1. The van der Waals surface area contributed by atoms with Crippen LogP contribution >= 0.6 is 11.6 Å². The second kappa shape index (κ2) is 12.2.